The maximum absolute atomic E-state index is 10.7. The molecule has 2 rings (SSSR count). The summed E-state index contributed by atoms with van der Waals surface area (Å²) in [5.41, 5.74) is 0.106. The predicted octanol–water partition coefficient (Wildman–Crippen LogP) is 1.19. The van der Waals surface area contributed by atoms with Crippen molar-refractivity contribution >= 4 is 27.7 Å². The van der Waals surface area contributed by atoms with Gasteiger partial charge in [-0.2, -0.15) is 0 Å². The second-order valence-electron chi connectivity index (χ2n) is 2.37. The van der Waals surface area contributed by atoms with Crippen molar-refractivity contribution in [2.45, 2.75) is 0 Å². The number of aromatic carboxylic acids is 1. The third-order valence-electron chi connectivity index (χ3n) is 1.56. The Kier molecular flexibility index (Phi) is 1.77. The summed E-state index contributed by atoms with van der Waals surface area (Å²) < 4.78 is 2.04. The van der Waals surface area contributed by atoms with Crippen LogP contribution in [0, 0.1) is 0 Å². The molecule has 6 heteroatoms. The minimum Gasteiger partial charge on any atom is -0.477 e. The molecule has 0 unspecified atom stereocenters. The molecular formula is C7H4BrN3O2. The van der Waals surface area contributed by atoms with E-state index in [1.807, 2.05) is 0 Å². The summed E-state index contributed by atoms with van der Waals surface area (Å²) in [6, 6.07) is 1.65. The summed E-state index contributed by atoms with van der Waals surface area (Å²) in [5, 5.41) is 8.74. The van der Waals surface area contributed by atoms with E-state index < -0.39 is 5.97 Å². The van der Waals surface area contributed by atoms with Crippen LogP contribution in [0.15, 0.2) is 23.1 Å². The summed E-state index contributed by atoms with van der Waals surface area (Å²) >= 11 is 3.17. The van der Waals surface area contributed by atoms with Crippen molar-refractivity contribution in [3.8, 4) is 0 Å². The normalized spacial score (nSPS) is 10.5. The van der Waals surface area contributed by atoms with E-state index in [0.29, 0.717) is 10.4 Å². The van der Waals surface area contributed by atoms with Crippen LogP contribution in [-0.4, -0.2) is 25.4 Å². The van der Waals surface area contributed by atoms with E-state index in [9.17, 15) is 4.79 Å². The molecule has 1 N–H and O–H groups in total. The molecule has 0 aliphatic heterocycles. The lowest BCUT2D eigenvalue weighted by molar-refractivity contribution is 0.0689. The summed E-state index contributed by atoms with van der Waals surface area (Å²) in [6.07, 6.45) is 2.87. The van der Waals surface area contributed by atoms with Crippen LogP contribution >= 0.6 is 15.9 Å². The predicted molar refractivity (Wildman–Crippen MR) is 47.6 cm³/mol. The molecule has 0 spiro atoms. The van der Waals surface area contributed by atoms with Crippen molar-refractivity contribution in [2.24, 2.45) is 0 Å². The number of aromatic nitrogens is 3. The largest absolute Gasteiger partial charge is 0.477 e. The maximum atomic E-state index is 10.7. The van der Waals surface area contributed by atoms with Crippen LogP contribution in [0.5, 0.6) is 0 Å². The monoisotopic (exact) mass is 241 g/mol. The van der Waals surface area contributed by atoms with Crippen LogP contribution in [0.4, 0.5) is 0 Å². The Labute approximate surface area is 81.2 Å². The first-order chi connectivity index (χ1) is 6.18. The van der Waals surface area contributed by atoms with Crippen LogP contribution in [-0.2, 0) is 0 Å². The average molecular weight is 242 g/mol. The van der Waals surface area contributed by atoms with Crippen LogP contribution < -0.4 is 0 Å². The number of hydrogen-bond donors (Lipinski definition) is 1. The fraction of sp³-hybridized carbons (Fsp3) is 0. The van der Waals surface area contributed by atoms with Gasteiger partial charge < -0.3 is 5.11 Å². The molecule has 0 radical (unpaired) electrons. The molecule has 0 aliphatic carbocycles. The van der Waals surface area contributed by atoms with Gasteiger partial charge in [-0.3, -0.25) is 4.40 Å². The Morgan fingerprint density at radius 2 is 2.38 bits per heavy atom. The first kappa shape index (κ1) is 8.18. The van der Waals surface area contributed by atoms with E-state index in [-0.39, 0.29) is 5.69 Å². The Morgan fingerprint density at radius 3 is 3.08 bits per heavy atom. The van der Waals surface area contributed by atoms with Gasteiger partial charge in [0.25, 0.3) is 0 Å². The zero-order valence-electron chi connectivity index (χ0n) is 6.31. The zero-order valence-corrected chi connectivity index (χ0v) is 7.89. The molecule has 0 fully saturated rings. The molecule has 2 aromatic heterocycles. The van der Waals surface area contributed by atoms with E-state index in [1.54, 1.807) is 12.3 Å². The Balaban J connectivity index is 2.76. The number of carboxylic acid groups (broad SMARTS) is 1. The van der Waals surface area contributed by atoms with Gasteiger partial charge in [-0.05, 0) is 22.0 Å². The van der Waals surface area contributed by atoms with Crippen molar-refractivity contribution < 1.29 is 9.90 Å². The van der Waals surface area contributed by atoms with Gasteiger partial charge in [-0.1, -0.05) is 0 Å². The number of halogens is 1. The quantitative estimate of drug-likeness (QED) is 0.762. The zero-order chi connectivity index (χ0) is 9.42. The van der Waals surface area contributed by atoms with Gasteiger partial charge in [-0.25, -0.2) is 14.8 Å². The van der Waals surface area contributed by atoms with Crippen LogP contribution in [0.25, 0.3) is 5.78 Å². The summed E-state index contributed by atoms with van der Waals surface area (Å²) in [6.45, 7) is 0. The lowest BCUT2D eigenvalue weighted by atomic mass is 10.5. The number of rotatable bonds is 1. The smallest absolute Gasteiger partial charge is 0.354 e. The first-order valence-corrected chi connectivity index (χ1v) is 4.20. The number of carboxylic acids is 1. The van der Waals surface area contributed by atoms with Gasteiger partial charge in [0.15, 0.2) is 5.69 Å². The molecule has 0 atom stereocenters. The number of imidazole rings is 1. The standard InChI is InChI=1S/C7H4BrN3O2/c8-5-1-2-11-4(6(12)13)3-9-7(11)10-5/h1-3H,(H,12,13). The van der Waals surface area contributed by atoms with E-state index >= 15 is 0 Å². The lowest BCUT2D eigenvalue weighted by Crippen LogP contribution is -2.01. The van der Waals surface area contributed by atoms with Crippen molar-refractivity contribution in [3.63, 3.8) is 0 Å². The van der Waals surface area contributed by atoms with Gasteiger partial charge in [0, 0.05) is 6.20 Å². The van der Waals surface area contributed by atoms with E-state index in [1.165, 1.54) is 10.6 Å². The average Bonchev–Trinajstić information content (AvgIpc) is 2.46. The van der Waals surface area contributed by atoms with Crippen LogP contribution in [0.1, 0.15) is 10.5 Å². The highest BCUT2D eigenvalue weighted by atomic mass is 79.9. The SMILES string of the molecule is O=C(O)c1cnc2nc(Br)ccn12. The van der Waals surface area contributed by atoms with Crippen LogP contribution in [0.2, 0.25) is 0 Å². The highest BCUT2D eigenvalue weighted by molar-refractivity contribution is 9.10. The third kappa shape index (κ3) is 1.29. The molecule has 0 aromatic carbocycles. The Morgan fingerprint density at radius 1 is 1.62 bits per heavy atom. The fourth-order valence-corrected chi connectivity index (χ4v) is 1.28. The third-order valence-corrected chi connectivity index (χ3v) is 2.01. The molecule has 0 saturated carbocycles. The highest BCUT2D eigenvalue weighted by Gasteiger charge is 2.10. The number of carbonyl (C=O) groups is 1. The Bertz CT molecular complexity index is 480. The number of fused-ring (bicyclic) bond motifs is 1. The highest BCUT2D eigenvalue weighted by Crippen LogP contribution is 2.09. The van der Waals surface area contributed by atoms with Crippen molar-refractivity contribution in [3.05, 3.63) is 28.8 Å². The molecule has 13 heavy (non-hydrogen) atoms. The number of hydrogen-bond acceptors (Lipinski definition) is 3. The van der Waals surface area contributed by atoms with Crippen molar-refractivity contribution in [2.75, 3.05) is 0 Å². The minimum atomic E-state index is -1.02. The number of nitrogens with zero attached hydrogens (tertiary/aromatic N) is 3. The molecule has 0 amide bonds. The minimum absolute atomic E-state index is 0.106. The van der Waals surface area contributed by atoms with Crippen molar-refractivity contribution in [1.82, 2.24) is 14.4 Å². The fourth-order valence-electron chi connectivity index (χ4n) is 1.01. The van der Waals surface area contributed by atoms with Gasteiger partial charge in [0.1, 0.15) is 4.60 Å². The molecule has 5 nitrogen and oxygen atoms in total. The second-order valence-corrected chi connectivity index (χ2v) is 3.18. The summed E-state index contributed by atoms with van der Waals surface area (Å²) in [4.78, 5) is 18.5. The van der Waals surface area contributed by atoms with E-state index in [0.717, 1.165) is 0 Å². The molecule has 2 heterocycles. The van der Waals surface area contributed by atoms with Gasteiger partial charge in [0.05, 0.1) is 6.20 Å². The summed E-state index contributed by atoms with van der Waals surface area (Å²) in [5.74, 6) is -0.650. The van der Waals surface area contributed by atoms with Gasteiger partial charge >= 0.3 is 5.97 Å². The first-order valence-electron chi connectivity index (χ1n) is 3.41. The van der Waals surface area contributed by atoms with E-state index in [4.69, 9.17) is 5.11 Å². The van der Waals surface area contributed by atoms with Crippen LogP contribution in [0.3, 0.4) is 0 Å². The topological polar surface area (TPSA) is 67.5 Å². The van der Waals surface area contributed by atoms with Crippen molar-refractivity contribution in [1.29, 1.82) is 0 Å². The second kappa shape index (κ2) is 2.81. The van der Waals surface area contributed by atoms with E-state index in [2.05, 4.69) is 25.9 Å². The summed E-state index contributed by atoms with van der Waals surface area (Å²) in [7, 11) is 0. The molecule has 2 aromatic rings. The maximum Gasteiger partial charge on any atom is 0.354 e. The Hall–Kier alpha value is -1.43. The molecule has 0 bridgehead atoms. The molecule has 0 aliphatic rings. The van der Waals surface area contributed by atoms with Gasteiger partial charge in [0.2, 0.25) is 5.78 Å². The molecular weight excluding hydrogens is 238 g/mol. The molecule has 0 saturated heterocycles. The lowest BCUT2D eigenvalue weighted by Gasteiger charge is -1.95. The van der Waals surface area contributed by atoms with Gasteiger partial charge in [-0.15, -0.1) is 0 Å². The molecule has 66 valence electrons.